The maximum absolute atomic E-state index is 14.0. The van der Waals surface area contributed by atoms with Gasteiger partial charge in [-0.15, -0.1) is 16.8 Å². The molecule has 1 aromatic carbocycles. The lowest BCUT2D eigenvalue weighted by atomic mass is 10.2. The van der Waals surface area contributed by atoms with E-state index in [1.807, 2.05) is 15.5 Å². The third-order valence-electron chi connectivity index (χ3n) is 5.26. The Bertz CT molecular complexity index is 1060. The quantitative estimate of drug-likeness (QED) is 0.363. The molecule has 1 saturated heterocycles. The van der Waals surface area contributed by atoms with Crippen LogP contribution in [0.15, 0.2) is 58.8 Å². The number of allylic oxidation sites excluding steroid dienone is 1. The van der Waals surface area contributed by atoms with Crippen LogP contribution in [0.2, 0.25) is 5.02 Å². The summed E-state index contributed by atoms with van der Waals surface area (Å²) in [6.45, 7) is 7.23. The molecule has 1 aliphatic rings. The number of benzene rings is 1. The fourth-order valence-electron chi connectivity index (χ4n) is 3.56. The second-order valence-corrected chi connectivity index (χ2v) is 8.68. The Balaban J connectivity index is 1.32. The highest BCUT2D eigenvalue weighted by molar-refractivity contribution is 7.99. The van der Waals surface area contributed by atoms with Crippen LogP contribution in [-0.4, -0.2) is 62.4 Å². The molecule has 1 fully saturated rings. The van der Waals surface area contributed by atoms with Gasteiger partial charge in [-0.25, -0.2) is 4.39 Å². The summed E-state index contributed by atoms with van der Waals surface area (Å²) in [6.07, 6.45) is 3.33. The molecule has 0 atom stereocenters. The Hall–Kier alpha value is -2.62. The first-order valence-corrected chi connectivity index (χ1v) is 11.6. The number of thioether (sulfide) groups is 1. The van der Waals surface area contributed by atoms with Gasteiger partial charge in [0.25, 0.3) is 0 Å². The van der Waals surface area contributed by atoms with Crippen LogP contribution < -0.4 is 0 Å². The molecular weight excluding hydrogens is 453 g/mol. The van der Waals surface area contributed by atoms with Gasteiger partial charge in [0.15, 0.2) is 10.9 Å². The first kappa shape index (κ1) is 22.6. The van der Waals surface area contributed by atoms with Gasteiger partial charge in [-0.1, -0.05) is 35.5 Å². The first-order valence-electron chi connectivity index (χ1n) is 10.2. The zero-order valence-electron chi connectivity index (χ0n) is 17.4. The Labute approximate surface area is 194 Å². The van der Waals surface area contributed by atoms with Crippen LogP contribution >= 0.6 is 23.4 Å². The van der Waals surface area contributed by atoms with Gasteiger partial charge in [0.05, 0.1) is 12.0 Å². The highest BCUT2D eigenvalue weighted by Gasteiger charge is 2.24. The molecule has 0 saturated carbocycles. The van der Waals surface area contributed by atoms with Crippen molar-refractivity contribution in [3.8, 4) is 11.6 Å². The van der Waals surface area contributed by atoms with Crippen LogP contribution in [0, 0.1) is 5.82 Å². The number of carbonyl (C=O) groups is 1. The molecule has 3 aromatic rings. The molecule has 10 heteroatoms. The minimum atomic E-state index is -0.301. The number of amides is 1. The molecule has 0 spiro atoms. The van der Waals surface area contributed by atoms with Crippen LogP contribution in [0.3, 0.4) is 0 Å². The maximum Gasteiger partial charge on any atom is 0.233 e. The molecule has 4 rings (SSSR count). The summed E-state index contributed by atoms with van der Waals surface area (Å²) in [7, 11) is 0. The van der Waals surface area contributed by atoms with E-state index in [2.05, 4.69) is 21.7 Å². The third-order valence-corrected chi connectivity index (χ3v) is 6.57. The van der Waals surface area contributed by atoms with Crippen molar-refractivity contribution >= 4 is 29.3 Å². The van der Waals surface area contributed by atoms with E-state index >= 15 is 0 Å². The van der Waals surface area contributed by atoms with Gasteiger partial charge in [0, 0.05) is 49.9 Å². The van der Waals surface area contributed by atoms with E-state index in [9.17, 15) is 9.18 Å². The van der Waals surface area contributed by atoms with E-state index in [-0.39, 0.29) is 17.5 Å². The fourth-order valence-corrected chi connectivity index (χ4v) is 4.63. The molecule has 0 bridgehead atoms. The molecule has 168 valence electrons. The summed E-state index contributed by atoms with van der Waals surface area (Å²) in [5.74, 6) is 1.21. The normalized spacial score (nSPS) is 14.6. The summed E-state index contributed by atoms with van der Waals surface area (Å²) in [4.78, 5) is 16.7. The molecule has 1 aliphatic heterocycles. The lowest BCUT2D eigenvalue weighted by Crippen LogP contribution is -2.48. The third kappa shape index (κ3) is 5.06. The van der Waals surface area contributed by atoms with Crippen molar-refractivity contribution in [1.82, 2.24) is 24.6 Å². The summed E-state index contributed by atoms with van der Waals surface area (Å²) in [5.41, 5.74) is 0.499. The highest BCUT2D eigenvalue weighted by Crippen LogP contribution is 2.25. The molecule has 0 N–H and O–H groups in total. The van der Waals surface area contributed by atoms with Crippen LogP contribution in [0.1, 0.15) is 5.56 Å². The van der Waals surface area contributed by atoms with Crippen LogP contribution in [0.5, 0.6) is 0 Å². The minimum Gasteiger partial charge on any atom is -0.461 e. The van der Waals surface area contributed by atoms with Gasteiger partial charge < -0.3 is 9.32 Å². The number of halogens is 2. The van der Waals surface area contributed by atoms with Gasteiger partial charge in [0.1, 0.15) is 5.82 Å². The van der Waals surface area contributed by atoms with Crippen LogP contribution in [-0.2, 0) is 17.9 Å². The largest absolute Gasteiger partial charge is 0.461 e. The molecule has 0 unspecified atom stereocenters. The number of hydrogen-bond acceptors (Lipinski definition) is 6. The van der Waals surface area contributed by atoms with Crippen molar-refractivity contribution in [2.45, 2.75) is 18.2 Å². The van der Waals surface area contributed by atoms with Crippen molar-refractivity contribution in [1.29, 1.82) is 0 Å². The number of hydrogen-bond donors (Lipinski definition) is 0. The number of piperazine rings is 1. The van der Waals surface area contributed by atoms with Crippen molar-refractivity contribution < 1.29 is 13.6 Å². The maximum atomic E-state index is 14.0. The van der Waals surface area contributed by atoms with Crippen LogP contribution in [0.25, 0.3) is 11.6 Å². The SMILES string of the molecule is C=CCn1c(SCC(=O)N2CCN(Cc3c(F)cccc3Cl)CC2)nnc1-c1ccco1. The van der Waals surface area contributed by atoms with Crippen molar-refractivity contribution in [3.63, 3.8) is 0 Å². The Morgan fingerprint density at radius 1 is 1.22 bits per heavy atom. The van der Waals surface area contributed by atoms with Crippen molar-refractivity contribution in [2.75, 3.05) is 31.9 Å². The average molecular weight is 476 g/mol. The number of furan rings is 1. The molecular formula is C22H23ClFN5O2S. The van der Waals surface area contributed by atoms with Gasteiger partial charge in [-0.2, -0.15) is 0 Å². The number of rotatable bonds is 8. The van der Waals surface area contributed by atoms with Gasteiger partial charge in [-0.3, -0.25) is 14.3 Å². The van der Waals surface area contributed by atoms with Gasteiger partial charge in [0.2, 0.25) is 11.7 Å². The predicted octanol–water partition coefficient (Wildman–Crippen LogP) is 3.95. The molecule has 1 amide bonds. The topological polar surface area (TPSA) is 67.4 Å². The van der Waals surface area contributed by atoms with E-state index in [4.69, 9.17) is 16.0 Å². The molecule has 0 radical (unpaired) electrons. The standard InChI is InChI=1S/C22H23ClFN5O2S/c1-2-8-29-21(19-7-4-13-31-19)25-26-22(29)32-15-20(30)28-11-9-27(10-12-28)14-16-17(23)5-3-6-18(16)24/h2-7,13H,1,8-12,14-15H2. The van der Waals surface area contributed by atoms with E-state index in [1.165, 1.54) is 17.8 Å². The second-order valence-electron chi connectivity index (χ2n) is 7.33. The van der Waals surface area contributed by atoms with Gasteiger partial charge >= 0.3 is 0 Å². The minimum absolute atomic E-state index is 0.0336. The summed E-state index contributed by atoms with van der Waals surface area (Å²) in [5, 5.41) is 9.50. The molecule has 2 aromatic heterocycles. The van der Waals surface area contributed by atoms with Crippen molar-refractivity contribution in [3.05, 3.63) is 65.7 Å². The monoisotopic (exact) mass is 475 g/mol. The summed E-state index contributed by atoms with van der Waals surface area (Å²) >= 11 is 7.48. The van der Waals surface area contributed by atoms with Gasteiger partial charge in [-0.05, 0) is 24.3 Å². The molecule has 32 heavy (non-hydrogen) atoms. The number of aromatic nitrogens is 3. The van der Waals surface area contributed by atoms with E-state index in [0.29, 0.717) is 66.6 Å². The smallest absolute Gasteiger partial charge is 0.233 e. The lowest BCUT2D eigenvalue weighted by Gasteiger charge is -2.34. The Kier molecular flexibility index (Phi) is 7.29. The predicted molar refractivity (Wildman–Crippen MR) is 122 cm³/mol. The van der Waals surface area contributed by atoms with E-state index < -0.39 is 0 Å². The van der Waals surface area contributed by atoms with E-state index in [0.717, 1.165) is 0 Å². The van der Waals surface area contributed by atoms with E-state index in [1.54, 1.807) is 30.5 Å². The second kappa shape index (κ2) is 10.3. The number of carbonyl (C=O) groups excluding carboxylic acids is 1. The molecule has 0 aliphatic carbocycles. The first-order chi connectivity index (χ1) is 15.6. The number of nitrogens with zero attached hydrogens (tertiary/aromatic N) is 5. The molecule has 7 nitrogen and oxygen atoms in total. The fraction of sp³-hybridized carbons (Fsp3) is 0.318. The van der Waals surface area contributed by atoms with Crippen molar-refractivity contribution in [2.24, 2.45) is 0 Å². The lowest BCUT2D eigenvalue weighted by molar-refractivity contribution is -0.130. The molecule has 3 heterocycles. The van der Waals surface area contributed by atoms with Crippen LogP contribution in [0.4, 0.5) is 4.39 Å². The Morgan fingerprint density at radius 2 is 2.03 bits per heavy atom. The highest BCUT2D eigenvalue weighted by atomic mass is 35.5. The summed E-state index contributed by atoms with van der Waals surface area (Å²) in [6, 6.07) is 8.32. The summed E-state index contributed by atoms with van der Waals surface area (Å²) < 4.78 is 21.4. The zero-order valence-corrected chi connectivity index (χ0v) is 19.0. The zero-order chi connectivity index (χ0) is 22.5. The average Bonchev–Trinajstić information content (AvgIpc) is 3.45. The Morgan fingerprint density at radius 3 is 2.72 bits per heavy atom.